The Bertz CT molecular complexity index is 3590. The Kier molecular flexibility index (Phi) is 26.1. The predicted molar refractivity (Wildman–Crippen MR) is 407 cm³/mol. The maximum absolute atomic E-state index is 13.8. The quantitative estimate of drug-likeness (QED) is 0.0292. The molecule has 4 aromatic carbocycles. The van der Waals surface area contributed by atoms with Gasteiger partial charge in [0.15, 0.2) is 0 Å². The second kappa shape index (κ2) is 33.7. The number of unbranched alkanes of at least 4 members (excludes halogenated alkanes) is 12. The van der Waals surface area contributed by atoms with Crippen molar-refractivity contribution in [3.05, 3.63) is 155 Å². The van der Waals surface area contributed by atoms with E-state index in [2.05, 4.69) is 145 Å². The minimum absolute atomic E-state index is 0.125. The number of benzene rings is 4. The van der Waals surface area contributed by atoms with Crippen molar-refractivity contribution < 1.29 is 19.2 Å². The van der Waals surface area contributed by atoms with Crippen molar-refractivity contribution in [2.75, 3.05) is 47.8 Å². The summed E-state index contributed by atoms with van der Waals surface area (Å²) >= 11 is 10.7. The number of nitrogens with zero attached hydrogens (tertiary/aromatic N) is 4. The third-order valence-electron chi connectivity index (χ3n) is 18.9. The first-order chi connectivity index (χ1) is 44.5. The molecule has 3 aromatic heterocycles. The summed E-state index contributed by atoms with van der Waals surface area (Å²) in [6.07, 6.45) is 27.8. The summed E-state index contributed by atoms with van der Waals surface area (Å²) in [5.74, 6) is -0.564. The number of aryl methyl sites for hydroxylation is 3. The normalized spacial score (nSPS) is 15.7. The Hall–Kier alpha value is -4.90. The molecule has 0 atom stereocenters. The van der Waals surface area contributed by atoms with E-state index >= 15 is 0 Å². The molecule has 0 unspecified atom stereocenters. The summed E-state index contributed by atoms with van der Waals surface area (Å²) in [6.45, 7) is 13.9. The Morgan fingerprint density at radius 3 is 0.978 bits per heavy atom. The number of hydrogen-bond acceptors (Lipinski definition) is 7. The zero-order valence-corrected chi connectivity index (χ0v) is 64.7. The van der Waals surface area contributed by atoms with E-state index in [1.165, 1.54) is 142 Å². The first-order valence-corrected chi connectivity index (χ1v) is 45.8. The van der Waals surface area contributed by atoms with Crippen LogP contribution in [0.15, 0.2) is 118 Å². The van der Waals surface area contributed by atoms with Crippen LogP contribution in [-0.2, 0) is 38.4 Å². The first-order valence-electron chi connectivity index (χ1n) is 34.3. The van der Waals surface area contributed by atoms with Gasteiger partial charge in [0.2, 0.25) is 0 Å². The third-order valence-corrected chi connectivity index (χ3v) is 41.7. The second-order valence-corrected chi connectivity index (χ2v) is 45.1. The predicted octanol–water partition coefficient (Wildman–Crippen LogP) is 22.3. The van der Waals surface area contributed by atoms with Crippen molar-refractivity contribution in [1.29, 1.82) is 0 Å². The van der Waals surface area contributed by atoms with E-state index in [0.717, 1.165) is 77.9 Å². The van der Waals surface area contributed by atoms with Gasteiger partial charge in [-0.05, 0) is 97.5 Å². The largest absolute Gasteiger partial charge is 0.311 e. The van der Waals surface area contributed by atoms with Crippen LogP contribution in [0.1, 0.15) is 194 Å². The number of carbonyl (C=O) groups excluding carboxylic acids is 4. The van der Waals surface area contributed by atoms with Gasteiger partial charge in [0.1, 0.15) is 0 Å². The van der Waals surface area contributed by atoms with E-state index in [9.17, 15) is 19.2 Å². The number of carbonyl (C=O) groups is 4. The van der Waals surface area contributed by atoms with E-state index in [0.29, 0.717) is 22.3 Å². The average molecular weight is 1530 g/mol. The Morgan fingerprint density at radius 2 is 0.641 bits per heavy atom. The van der Waals surface area contributed by atoms with Gasteiger partial charge in [0.25, 0.3) is 23.6 Å². The number of anilines is 4. The van der Waals surface area contributed by atoms with Crippen LogP contribution in [0, 0.1) is 0 Å². The SMILES string of the molecule is CCCCCCc1cc[c]([Sn]([CH2]CCC)([CH2]CCC)[CH2]CCC)s1.CCCCCCc1ccc(-c2ccc3c(c2)N(C)C(=O)/C3=C2/C(=O)N(C)c3cc(-c4ccc(CCCCCC)s4)ccc32)s1.CN1C(=O)/C(=C2/C(=O)N(C)c3cc(Br)ccc32)c2ccc(Br)cc21. The van der Waals surface area contributed by atoms with Crippen molar-refractivity contribution in [3.8, 4) is 20.9 Å². The van der Waals surface area contributed by atoms with E-state index in [-0.39, 0.29) is 23.6 Å². The molecule has 0 saturated heterocycles. The van der Waals surface area contributed by atoms with Gasteiger partial charge >= 0.3 is 161 Å². The molecule has 11 rings (SSSR count). The van der Waals surface area contributed by atoms with Gasteiger partial charge in [0.05, 0.1) is 45.0 Å². The van der Waals surface area contributed by atoms with Crippen molar-refractivity contribution in [3.63, 3.8) is 0 Å². The molecule has 0 fully saturated rings. The average Bonchev–Trinajstić information content (AvgIpc) is 1.59. The summed E-state index contributed by atoms with van der Waals surface area (Å²) in [5.41, 5.74) is 10.7. The zero-order chi connectivity index (χ0) is 65.6. The summed E-state index contributed by atoms with van der Waals surface area (Å²) in [5, 5.41) is 0. The van der Waals surface area contributed by atoms with Crippen LogP contribution in [0.2, 0.25) is 13.3 Å². The number of likely N-dealkylation sites (N-methyl/N-ethyl adjacent to an activating group) is 4. The fourth-order valence-electron chi connectivity index (χ4n) is 13.5. The molecule has 0 saturated carbocycles. The third kappa shape index (κ3) is 16.1. The summed E-state index contributed by atoms with van der Waals surface area (Å²) < 4.78 is 8.55. The van der Waals surface area contributed by atoms with Gasteiger partial charge in [-0.25, -0.2) is 0 Å². The van der Waals surface area contributed by atoms with Crippen molar-refractivity contribution in [1.82, 2.24) is 0 Å². The van der Waals surface area contributed by atoms with Gasteiger partial charge in [-0.2, -0.15) is 0 Å². The summed E-state index contributed by atoms with van der Waals surface area (Å²) in [7, 11) is 7.09. The molecule has 8 nitrogen and oxygen atoms in total. The van der Waals surface area contributed by atoms with Gasteiger partial charge < -0.3 is 19.6 Å². The minimum Gasteiger partial charge on any atom is -0.311 e. The van der Waals surface area contributed by atoms with Gasteiger partial charge in [-0.3, -0.25) is 19.2 Å². The van der Waals surface area contributed by atoms with Crippen molar-refractivity contribution >= 4 is 156 Å². The van der Waals surface area contributed by atoms with Crippen molar-refractivity contribution in [2.45, 2.75) is 190 Å². The van der Waals surface area contributed by atoms with Crippen LogP contribution in [-0.4, -0.2) is 70.2 Å². The van der Waals surface area contributed by atoms with Gasteiger partial charge in [-0.15, -0.1) is 22.7 Å². The molecule has 7 aromatic rings. The molecule has 4 amide bonds. The maximum atomic E-state index is 13.8. The van der Waals surface area contributed by atoms with E-state index in [1.54, 1.807) is 51.9 Å². The van der Waals surface area contributed by atoms with Crippen LogP contribution < -0.4 is 22.5 Å². The van der Waals surface area contributed by atoms with Crippen LogP contribution in [0.25, 0.3) is 43.2 Å². The molecule has 0 aliphatic carbocycles. The van der Waals surface area contributed by atoms with E-state index < -0.39 is 18.4 Å². The molecule has 0 N–H and O–H groups in total. The number of amides is 4. The van der Waals surface area contributed by atoms with E-state index in [4.69, 9.17) is 0 Å². The molecule has 92 heavy (non-hydrogen) atoms. The molecule has 488 valence electrons. The molecule has 0 bridgehead atoms. The Labute approximate surface area is 583 Å². The molecule has 4 aliphatic rings. The number of rotatable bonds is 27. The molecule has 4 aliphatic heterocycles. The van der Waals surface area contributed by atoms with Crippen LogP contribution in [0.3, 0.4) is 0 Å². The number of hydrogen-bond donors (Lipinski definition) is 0. The van der Waals surface area contributed by atoms with Gasteiger partial charge in [0, 0.05) is 78.9 Å². The molecular formula is C78H96Br2N4O4S3Sn. The zero-order valence-electron chi connectivity index (χ0n) is 56.3. The molecular weight excluding hydrogens is 1430 g/mol. The second-order valence-electron chi connectivity index (χ2n) is 25.6. The van der Waals surface area contributed by atoms with Gasteiger partial charge in [-0.1, -0.05) is 121 Å². The molecule has 0 spiro atoms. The van der Waals surface area contributed by atoms with Crippen LogP contribution in [0.5, 0.6) is 0 Å². The molecule has 14 heteroatoms. The Balaban J connectivity index is 0.000000177. The van der Waals surface area contributed by atoms with Crippen molar-refractivity contribution in [2.24, 2.45) is 0 Å². The summed E-state index contributed by atoms with van der Waals surface area (Å²) in [4.78, 5) is 66.8. The van der Waals surface area contributed by atoms with Crippen LogP contribution >= 0.6 is 65.9 Å². The number of thiophene rings is 3. The fourth-order valence-corrected chi connectivity index (χ4v) is 36.6. The minimum atomic E-state index is -2.14. The smallest absolute Gasteiger partial charge is 0.259 e. The monoisotopic (exact) mass is 1530 g/mol. The number of halogens is 2. The Morgan fingerprint density at radius 1 is 0.337 bits per heavy atom. The molecule has 7 heterocycles. The summed E-state index contributed by atoms with van der Waals surface area (Å²) in [6, 6.07) is 37.8. The maximum Gasteiger partial charge on any atom is 0.259 e. The fraction of sp³-hybridized carbons (Fsp3) is 0.436. The topological polar surface area (TPSA) is 81.2 Å². The van der Waals surface area contributed by atoms with E-state index in [1.807, 2.05) is 88.2 Å². The molecule has 0 radical (unpaired) electrons. The van der Waals surface area contributed by atoms with Crippen LogP contribution in [0.4, 0.5) is 22.7 Å². The number of fused-ring (bicyclic) bond motifs is 4. The first kappa shape index (κ1) is 71.4. The standard InChI is InChI=1S/C38H42N2O2S2.C18H12Br2N2O2.C10H15S.3C4H9.Sn/c1-5-7-9-11-13-27-17-21-33(43-27)25-15-19-29-31(23-25)39(3)37(41)35(29)36-30-20-16-26(24-32(30)40(4)38(36)42)34-22-18-28(44-34)14-12-10-8-6-2;1-21-13-7-9(19)3-5-11(13)15(17(21)23)16-12-6-4-10(20)8-14(12)22(2)18(16)24;1-2-3-4-5-7-10-8-6-9-11-10;3*1-3-4-2;/h15-24H,5-14H2,1-4H3;3-8H,1-2H3;6,8H,2-5,7H2,1H3;3*1,3-4H2,2H3;/b36-35+;16-15+;;;;;.